The van der Waals surface area contributed by atoms with Crippen molar-refractivity contribution < 1.29 is 9.32 Å². The van der Waals surface area contributed by atoms with E-state index in [4.69, 9.17) is 4.52 Å². The molecular weight excluding hydrogens is 242 g/mol. The van der Waals surface area contributed by atoms with E-state index in [0.29, 0.717) is 13.1 Å². The lowest BCUT2D eigenvalue weighted by Crippen LogP contribution is -2.34. The summed E-state index contributed by atoms with van der Waals surface area (Å²) in [4.78, 5) is 11.6. The molecule has 1 amide bonds. The van der Waals surface area contributed by atoms with Crippen LogP contribution in [-0.4, -0.2) is 24.7 Å². The fourth-order valence-electron chi connectivity index (χ4n) is 1.50. The van der Waals surface area contributed by atoms with Crippen LogP contribution in [0.5, 0.6) is 0 Å². The molecule has 98 valence electrons. The van der Waals surface area contributed by atoms with Crippen LogP contribution in [0.3, 0.4) is 0 Å². The number of aryl methyl sites for hydroxylation is 2. The lowest BCUT2D eigenvalue weighted by molar-refractivity contribution is -0.124. The van der Waals surface area contributed by atoms with Gasteiger partial charge in [0, 0.05) is 24.6 Å². The number of hydrogen-bond acceptors (Lipinski definition) is 4. The number of hydrogen-bond donors (Lipinski definition) is 2. The van der Waals surface area contributed by atoms with Crippen molar-refractivity contribution in [3.8, 4) is 0 Å². The zero-order valence-corrected chi connectivity index (χ0v) is 11.5. The van der Waals surface area contributed by atoms with E-state index in [1.165, 1.54) is 0 Å². The highest BCUT2D eigenvalue weighted by atomic mass is 35.5. The van der Waals surface area contributed by atoms with Gasteiger partial charge >= 0.3 is 0 Å². The van der Waals surface area contributed by atoms with Crippen molar-refractivity contribution in [3.05, 3.63) is 17.0 Å². The van der Waals surface area contributed by atoms with Crippen LogP contribution in [0.2, 0.25) is 0 Å². The number of halogens is 1. The highest BCUT2D eigenvalue weighted by molar-refractivity contribution is 5.85. The van der Waals surface area contributed by atoms with Crippen molar-refractivity contribution >= 4 is 18.3 Å². The second-order valence-corrected chi connectivity index (χ2v) is 3.98. The maximum absolute atomic E-state index is 11.6. The number of carbonyl (C=O) groups excluding carboxylic acids is 1. The molecule has 2 N–H and O–H groups in total. The standard InChI is InChI=1S/C11H19N3O2.ClH/c1-7(5-12-4)11(15)13-6-10-8(2)14-16-9(10)3;/h7,12H,5-6H2,1-4H3,(H,13,15);1H. The van der Waals surface area contributed by atoms with Gasteiger partial charge in [-0.05, 0) is 20.9 Å². The minimum absolute atomic E-state index is 0. The first-order chi connectivity index (χ1) is 7.56. The average Bonchev–Trinajstić information content (AvgIpc) is 2.56. The molecule has 0 radical (unpaired) electrons. The smallest absolute Gasteiger partial charge is 0.224 e. The Morgan fingerprint density at radius 1 is 1.47 bits per heavy atom. The molecule has 1 heterocycles. The van der Waals surface area contributed by atoms with Crippen LogP contribution in [-0.2, 0) is 11.3 Å². The fraction of sp³-hybridized carbons (Fsp3) is 0.636. The zero-order valence-electron chi connectivity index (χ0n) is 10.7. The second kappa shape index (κ2) is 7.29. The van der Waals surface area contributed by atoms with Crippen molar-refractivity contribution in [3.63, 3.8) is 0 Å². The zero-order chi connectivity index (χ0) is 12.1. The Bertz CT molecular complexity index is 346. The molecule has 0 aliphatic rings. The van der Waals surface area contributed by atoms with Gasteiger partial charge in [-0.1, -0.05) is 12.1 Å². The quantitative estimate of drug-likeness (QED) is 0.835. The average molecular weight is 262 g/mol. The van der Waals surface area contributed by atoms with E-state index < -0.39 is 0 Å². The van der Waals surface area contributed by atoms with Gasteiger partial charge in [-0.25, -0.2) is 0 Å². The summed E-state index contributed by atoms with van der Waals surface area (Å²) in [7, 11) is 1.83. The lowest BCUT2D eigenvalue weighted by atomic mass is 10.1. The van der Waals surface area contributed by atoms with Crippen LogP contribution in [0, 0.1) is 19.8 Å². The number of nitrogens with zero attached hydrogens (tertiary/aromatic N) is 1. The molecule has 0 saturated carbocycles. The van der Waals surface area contributed by atoms with Gasteiger partial charge in [0.2, 0.25) is 5.91 Å². The SMILES string of the molecule is CNCC(C)C(=O)NCc1c(C)noc1C.Cl. The van der Waals surface area contributed by atoms with Crippen molar-refractivity contribution in [1.82, 2.24) is 15.8 Å². The Hall–Kier alpha value is -1.07. The summed E-state index contributed by atoms with van der Waals surface area (Å²) in [5.74, 6) is 0.763. The fourth-order valence-corrected chi connectivity index (χ4v) is 1.50. The summed E-state index contributed by atoms with van der Waals surface area (Å²) < 4.78 is 5.02. The Labute approximate surface area is 108 Å². The maximum Gasteiger partial charge on any atom is 0.224 e. The topological polar surface area (TPSA) is 67.2 Å². The second-order valence-electron chi connectivity index (χ2n) is 3.98. The first-order valence-electron chi connectivity index (χ1n) is 5.40. The van der Waals surface area contributed by atoms with Crippen molar-refractivity contribution in [2.24, 2.45) is 5.92 Å². The number of aromatic nitrogens is 1. The number of nitrogens with one attached hydrogen (secondary N) is 2. The van der Waals surface area contributed by atoms with Gasteiger partial charge in [-0.2, -0.15) is 0 Å². The van der Waals surface area contributed by atoms with Crippen LogP contribution in [0.1, 0.15) is 23.9 Å². The normalized spacial score (nSPS) is 11.8. The van der Waals surface area contributed by atoms with Gasteiger partial charge in [0.05, 0.1) is 5.69 Å². The van der Waals surface area contributed by atoms with Crippen LogP contribution in [0.25, 0.3) is 0 Å². The molecular formula is C11H20ClN3O2. The van der Waals surface area contributed by atoms with E-state index in [1.54, 1.807) is 0 Å². The summed E-state index contributed by atoms with van der Waals surface area (Å²) in [5.41, 5.74) is 1.80. The summed E-state index contributed by atoms with van der Waals surface area (Å²) in [5, 5.41) is 9.68. The molecule has 1 aromatic rings. The minimum atomic E-state index is -0.0366. The molecule has 5 nitrogen and oxygen atoms in total. The molecule has 6 heteroatoms. The molecule has 0 aromatic carbocycles. The highest BCUT2D eigenvalue weighted by Crippen LogP contribution is 2.11. The van der Waals surface area contributed by atoms with E-state index in [-0.39, 0.29) is 24.2 Å². The highest BCUT2D eigenvalue weighted by Gasteiger charge is 2.14. The van der Waals surface area contributed by atoms with Gasteiger partial charge < -0.3 is 15.2 Å². The molecule has 0 aliphatic carbocycles. The van der Waals surface area contributed by atoms with Crippen LogP contribution < -0.4 is 10.6 Å². The molecule has 1 atom stereocenters. The van der Waals surface area contributed by atoms with E-state index in [9.17, 15) is 4.79 Å². The van der Waals surface area contributed by atoms with Gasteiger partial charge in [0.25, 0.3) is 0 Å². The van der Waals surface area contributed by atoms with Crippen LogP contribution in [0.4, 0.5) is 0 Å². The van der Waals surface area contributed by atoms with Crippen molar-refractivity contribution in [2.75, 3.05) is 13.6 Å². The largest absolute Gasteiger partial charge is 0.361 e. The molecule has 17 heavy (non-hydrogen) atoms. The third-order valence-corrected chi connectivity index (χ3v) is 2.58. The van der Waals surface area contributed by atoms with E-state index >= 15 is 0 Å². The molecule has 0 spiro atoms. The monoisotopic (exact) mass is 261 g/mol. The first-order valence-corrected chi connectivity index (χ1v) is 5.40. The lowest BCUT2D eigenvalue weighted by Gasteiger charge is -2.11. The van der Waals surface area contributed by atoms with E-state index in [2.05, 4.69) is 15.8 Å². The molecule has 1 unspecified atom stereocenters. The molecule has 1 aromatic heterocycles. The predicted octanol–water partition coefficient (Wildman–Crippen LogP) is 1.18. The van der Waals surface area contributed by atoms with Gasteiger partial charge in [0.1, 0.15) is 5.76 Å². The number of rotatable bonds is 5. The minimum Gasteiger partial charge on any atom is -0.361 e. The van der Waals surface area contributed by atoms with Gasteiger partial charge in [-0.3, -0.25) is 4.79 Å². The molecule has 1 rings (SSSR count). The Balaban J connectivity index is 0.00000256. The number of carbonyl (C=O) groups is 1. The molecule has 0 saturated heterocycles. The van der Waals surface area contributed by atoms with E-state index in [1.807, 2.05) is 27.8 Å². The van der Waals surface area contributed by atoms with Crippen molar-refractivity contribution in [1.29, 1.82) is 0 Å². The summed E-state index contributed by atoms with van der Waals surface area (Å²) in [6.45, 7) is 6.76. The first kappa shape index (κ1) is 15.9. The Kier molecular flexibility index (Phi) is 6.83. The van der Waals surface area contributed by atoms with Crippen LogP contribution in [0.15, 0.2) is 4.52 Å². The van der Waals surface area contributed by atoms with Gasteiger partial charge in [-0.15, -0.1) is 12.4 Å². The summed E-state index contributed by atoms with van der Waals surface area (Å²) >= 11 is 0. The summed E-state index contributed by atoms with van der Waals surface area (Å²) in [6.07, 6.45) is 0. The molecule has 0 aliphatic heterocycles. The van der Waals surface area contributed by atoms with Crippen molar-refractivity contribution in [2.45, 2.75) is 27.3 Å². The Morgan fingerprint density at radius 3 is 2.59 bits per heavy atom. The number of amides is 1. The summed E-state index contributed by atoms with van der Waals surface area (Å²) in [6, 6.07) is 0. The maximum atomic E-state index is 11.6. The van der Waals surface area contributed by atoms with Gasteiger partial charge in [0.15, 0.2) is 0 Å². The predicted molar refractivity (Wildman–Crippen MR) is 68.2 cm³/mol. The molecule has 0 fully saturated rings. The third-order valence-electron chi connectivity index (χ3n) is 2.58. The van der Waals surface area contributed by atoms with E-state index in [0.717, 1.165) is 17.0 Å². The Morgan fingerprint density at radius 2 is 2.12 bits per heavy atom. The molecule has 0 bridgehead atoms. The van der Waals surface area contributed by atoms with Crippen LogP contribution >= 0.6 is 12.4 Å². The third kappa shape index (κ3) is 4.36.